The molecule has 2 amide bonds. The third kappa shape index (κ3) is 6.02. The van der Waals surface area contributed by atoms with E-state index < -0.39 is 24.4 Å². The van der Waals surface area contributed by atoms with E-state index in [0.717, 1.165) is 16.9 Å². The minimum atomic E-state index is -0.638. The van der Waals surface area contributed by atoms with E-state index in [1.807, 2.05) is 32.0 Å². The van der Waals surface area contributed by atoms with Crippen molar-refractivity contribution >= 4 is 29.2 Å². The molecule has 1 N–H and O–H groups in total. The summed E-state index contributed by atoms with van der Waals surface area (Å²) in [5.41, 5.74) is 3.26. The zero-order valence-electron chi connectivity index (χ0n) is 20.4. The quantitative estimate of drug-likeness (QED) is 0.465. The van der Waals surface area contributed by atoms with Crippen LogP contribution in [0.3, 0.4) is 0 Å². The molecule has 3 aromatic carbocycles. The van der Waals surface area contributed by atoms with Crippen molar-refractivity contribution in [1.29, 1.82) is 0 Å². The molecule has 0 radical (unpaired) electrons. The molecule has 0 unspecified atom stereocenters. The van der Waals surface area contributed by atoms with E-state index in [0.29, 0.717) is 22.9 Å². The van der Waals surface area contributed by atoms with Crippen molar-refractivity contribution in [3.8, 4) is 17.2 Å². The van der Waals surface area contributed by atoms with Gasteiger partial charge in [0.2, 0.25) is 5.91 Å². The van der Waals surface area contributed by atoms with Gasteiger partial charge in [0, 0.05) is 24.3 Å². The molecule has 8 heteroatoms. The van der Waals surface area contributed by atoms with Crippen LogP contribution in [0.2, 0.25) is 0 Å². The number of esters is 1. The smallest absolute Gasteiger partial charge is 0.311 e. The molecule has 1 aliphatic heterocycles. The number of carbonyl (C=O) groups excluding carboxylic acids is 3. The summed E-state index contributed by atoms with van der Waals surface area (Å²) in [5, 5.41) is 2.76. The maximum Gasteiger partial charge on any atom is 0.311 e. The molecule has 36 heavy (non-hydrogen) atoms. The molecule has 186 valence electrons. The van der Waals surface area contributed by atoms with Crippen LogP contribution in [0.5, 0.6) is 17.2 Å². The molecule has 8 nitrogen and oxygen atoms in total. The van der Waals surface area contributed by atoms with Crippen molar-refractivity contribution in [2.24, 2.45) is 5.92 Å². The molecular weight excluding hydrogens is 460 g/mol. The van der Waals surface area contributed by atoms with Crippen molar-refractivity contribution < 1.29 is 28.6 Å². The molecule has 1 saturated heterocycles. The Morgan fingerprint density at radius 2 is 1.58 bits per heavy atom. The fourth-order valence-corrected chi connectivity index (χ4v) is 3.90. The van der Waals surface area contributed by atoms with Crippen LogP contribution in [0, 0.1) is 19.8 Å². The summed E-state index contributed by atoms with van der Waals surface area (Å²) >= 11 is 0. The summed E-state index contributed by atoms with van der Waals surface area (Å²) in [4.78, 5) is 38.9. The highest BCUT2D eigenvalue weighted by molar-refractivity contribution is 6.00. The van der Waals surface area contributed by atoms with Gasteiger partial charge in [0.25, 0.3) is 5.91 Å². The van der Waals surface area contributed by atoms with Gasteiger partial charge in [-0.2, -0.15) is 0 Å². The Hall–Kier alpha value is -4.33. The average molecular weight is 489 g/mol. The molecule has 0 bridgehead atoms. The number of anilines is 2. The highest BCUT2D eigenvalue weighted by Gasteiger charge is 2.36. The number of hydrogen-bond donors (Lipinski definition) is 1. The molecule has 1 heterocycles. The van der Waals surface area contributed by atoms with Gasteiger partial charge in [-0.15, -0.1) is 0 Å². The molecule has 1 atom stereocenters. The predicted molar refractivity (Wildman–Crippen MR) is 135 cm³/mol. The number of methoxy groups -OCH3 is 1. The second-order valence-corrected chi connectivity index (χ2v) is 8.65. The Kier molecular flexibility index (Phi) is 7.53. The van der Waals surface area contributed by atoms with Gasteiger partial charge in [-0.1, -0.05) is 12.1 Å². The topological polar surface area (TPSA) is 94.2 Å². The van der Waals surface area contributed by atoms with Crippen molar-refractivity contribution in [2.45, 2.75) is 20.3 Å². The zero-order chi connectivity index (χ0) is 25.7. The third-order valence-corrected chi connectivity index (χ3v) is 5.91. The lowest BCUT2D eigenvalue weighted by atomic mass is 10.1. The van der Waals surface area contributed by atoms with E-state index in [4.69, 9.17) is 14.2 Å². The van der Waals surface area contributed by atoms with Gasteiger partial charge in [-0.05, 0) is 79.6 Å². The summed E-state index contributed by atoms with van der Waals surface area (Å²) in [6.45, 7) is 3.60. The summed E-state index contributed by atoms with van der Waals surface area (Å²) in [6, 6.07) is 20.0. The van der Waals surface area contributed by atoms with E-state index >= 15 is 0 Å². The van der Waals surface area contributed by atoms with E-state index in [-0.39, 0.29) is 18.9 Å². The standard InChI is InChI=1S/C28H28N2O6/c1-18-4-5-19(2)25(14-18)29-26(31)17-35-28(33)20-15-27(32)30(16-20)21-6-8-23(9-7-21)36-24-12-10-22(34-3)11-13-24/h4-14,20H,15-17H2,1-3H3,(H,29,31)/t20-/m1/s1. The first-order chi connectivity index (χ1) is 17.3. The normalized spacial score (nSPS) is 14.9. The Morgan fingerprint density at radius 1 is 0.944 bits per heavy atom. The van der Waals surface area contributed by atoms with Gasteiger partial charge in [0.05, 0.1) is 13.0 Å². The van der Waals surface area contributed by atoms with Crippen LogP contribution in [0.4, 0.5) is 11.4 Å². The number of nitrogens with zero attached hydrogens (tertiary/aromatic N) is 1. The number of nitrogens with one attached hydrogen (secondary N) is 1. The van der Waals surface area contributed by atoms with Gasteiger partial charge in [0.15, 0.2) is 6.61 Å². The number of benzene rings is 3. The third-order valence-electron chi connectivity index (χ3n) is 5.91. The van der Waals surface area contributed by atoms with E-state index in [2.05, 4.69) is 5.32 Å². The van der Waals surface area contributed by atoms with Crippen LogP contribution >= 0.6 is 0 Å². The maximum absolute atomic E-state index is 12.6. The van der Waals surface area contributed by atoms with Crippen molar-refractivity contribution in [1.82, 2.24) is 0 Å². The van der Waals surface area contributed by atoms with Crippen LogP contribution in [0.25, 0.3) is 0 Å². The summed E-state index contributed by atoms with van der Waals surface area (Å²) in [7, 11) is 1.60. The largest absolute Gasteiger partial charge is 0.497 e. The van der Waals surface area contributed by atoms with Crippen LogP contribution in [0.1, 0.15) is 17.5 Å². The lowest BCUT2D eigenvalue weighted by Gasteiger charge is -2.17. The lowest BCUT2D eigenvalue weighted by molar-refractivity contribution is -0.151. The van der Waals surface area contributed by atoms with Gasteiger partial charge in [0.1, 0.15) is 17.2 Å². The monoisotopic (exact) mass is 488 g/mol. The van der Waals surface area contributed by atoms with E-state index in [1.54, 1.807) is 60.5 Å². The van der Waals surface area contributed by atoms with Crippen LogP contribution in [-0.2, 0) is 19.1 Å². The molecule has 0 saturated carbocycles. The first-order valence-electron chi connectivity index (χ1n) is 11.6. The second-order valence-electron chi connectivity index (χ2n) is 8.65. The summed E-state index contributed by atoms with van der Waals surface area (Å²) in [6.07, 6.45) is 0.0293. The summed E-state index contributed by atoms with van der Waals surface area (Å²) < 4.78 is 16.2. The maximum atomic E-state index is 12.6. The first-order valence-corrected chi connectivity index (χ1v) is 11.6. The van der Waals surface area contributed by atoms with Crippen LogP contribution in [-0.4, -0.2) is 38.0 Å². The van der Waals surface area contributed by atoms with Gasteiger partial charge in [-0.25, -0.2) is 0 Å². The molecule has 0 aromatic heterocycles. The molecule has 1 fully saturated rings. The molecule has 4 rings (SSSR count). The lowest BCUT2D eigenvalue weighted by Crippen LogP contribution is -2.28. The van der Waals surface area contributed by atoms with E-state index in [1.165, 1.54) is 0 Å². The van der Waals surface area contributed by atoms with Crippen molar-refractivity contribution in [2.75, 3.05) is 30.5 Å². The number of aryl methyl sites for hydroxylation is 2. The fraction of sp³-hybridized carbons (Fsp3) is 0.250. The zero-order valence-corrected chi connectivity index (χ0v) is 20.4. The number of hydrogen-bond acceptors (Lipinski definition) is 6. The molecule has 0 spiro atoms. The molecule has 3 aromatic rings. The number of ether oxygens (including phenoxy) is 3. The first kappa shape index (κ1) is 24.8. The molecular formula is C28H28N2O6. The molecule has 1 aliphatic rings. The van der Waals surface area contributed by atoms with Crippen molar-refractivity contribution in [3.05, 3.63) is 77.9 Å². The van der Waals surface area contributed by atoms with Gasteiger partial charge >= 0.3 is 5.97 Å². The van der Waals surface area contributed by atoms with E-state index in [9.17, 15) is 14.4 Å². The Balaban J connectivity index is 1.29. The summed E-state index contributed by atoms with van der Waals surface area (Å²) in [5.74, 6) is 0.195. The number of rotatable bonds is 8. The second kappa shape index (κ2) is 10.9. The highest BCUT2D eigenvalue weighted by Crippen LogP contribution is 2.29. The van der Waals surface area contributed by atoms with Crippen molar-refractivity contribution in [3.63, 3.8) is 0 Å². The SMILES string of the molecule is COc1ccc(Oc2ccc(N3C[C@H](C(=O)OCC(=O)Nc4cc(C)ccc4C)CC3=O)cc2)cc1. The Morgan fingerprint density at radius 3 is 2.25 bits per heavy atom. The highest BCUT2D eigenvalue weighted by atomic mass is 16.5. The van der Waals surface area contributed by atoms with Gasteiger partial charge < -0.3 is 24.4 Å². The number of carbonyl (C=O) groups is 3. The van der Waals surface area contributed by atoms with Crippen LogP contribution in [0.15, 0.2) is 66.7 Å². The predicted octanol–water partition coefficient (Wildman–Crippen LogP) is 4.64. The fourth-order valence-electron chi connectivity index (χ4n) is 3.90. The minimum absolute atomic E-state index is 0.0293. The van der Waals surface area contributed by atoms with Crippen LogP contribution < -0.4 is 19.7 Å². The van der Waals surface area contributed by atoms with Gasteiger partial charge in [-0.3, -0.25) is 14.4 Å². The minimum Gasteiger partial charge on any atom is -0.497 e. The average Bonchev–Trinajstić information content (AvgIpc) is 3.27. The number of amides is 2. The molecule has 0 aliphatic carbocycles. The Labute approximate surface area is 209 Å². The Bertz CT molecular complexity index is 1250.